The van der Waals surface area contributed by atoms with Crippen molar-refractivity contribution in [2.75, 3.05) is 5.73 Å². The van der Waals surface area contributed by atoms with E-state index in [0.717, 1.165) is 10.2 Å². The van der Waals surface area contributed by atoms with Crippen LogP contribution in [0.15, 0.2) is 51.1 Å². The highest BCUT2D eigenvalue weighted by Gasteiger charge is 2.10. The number of hydrogen-bond acceptors (Lipinski definition) is 7. The van der Waals surface area contributed by atoms with Crippen molar-refractivity contribution in [1.29, 1.82) is 0 Å². The Hall–Kier alpha value is -2.65. The van der Waals surface area contributed by atoms with Crippen LogP contribution in [0.2, 0.25) is 0 Å². The van der Waals surface area contributed by atoms with Crippen LogP contribution in [-0.2, 0) is 5.75 Å². The van der Waals surface area contributed by atoms with Crippen molar-refractivity contribution in [2.24, 2.45) is 0 Å². The van der Waals surface area contributed by atoms with Gasteiger partial charge in [-0.15, -0.1) is 0 Å². The molecule has 7 nitrogen and oxygen atoms in total. The van der Waals surface area contributed by atoms with Gasteiger partial charge in [0.2, 0.25) is 0 Å². The molecule has 0 fully saturated rings. The number of hydrogen-bond donors (Lipinski definition) is 2. The van der Waals surface area contributed by atoms with E-state index in [4.69, 9.17) is 5.73 Å². The van der Waals surface area contributed by atoms with Crippen molar-refractivity contribution < 1.29 is 0 Å². The Morgan fingerprint density at radius 3 is 2.88 bits per heavy atom. The lowest BCUT2D eigenvalue weighted by atomic mass is 10.3. The summed E-state index contributed by atoms with van der Waals surface area (Å²) in [6.07, 6.45) is 0. The van der Waals surface area contributed by atoms with Gasteiger partial charge in [-0.2, -0.15) is 0 Å². The molecular formula is C15H11N5O2S2. The first-order chi connectivity index (χ1) is 11.6. The van der Waals surface area contributed by atoms with Gasteiger partial charge in [-0.1, -0.05) is 35.2 Å². The molecule has 24 heavy (non-hydrogen) atoms. The summed E-state index contributed by atoms with van der Waals surface area (Å²) in [6.45, 7) is 0. The molecule has 0 aliphatic heterocycles. The van der Waals surface area contributed by atoms with Crippen molar-refractivity contribution in [3.05, 3.63) is 62.8 Å². The highest BCUT2D eigenvalue weighted by Crippen LogP contribution is 2.24. The van der Waals surface area contributed by atoms with Crippen LogP contribution in [0.1, 0.15) is 5.69 Å². The van der Waals surface area contributed by atoms with Gasteiger partial charge < -0.3 is 10.7 Å². The van der Waals surface area contributed by atoms with Crippen molar-refractivity contribution in [3.8, 4) is 0 Å². The smallest absolute Gasteiger partial charge is 0.259 e. The van der Waals surface area contributed by atoms with Gasteiger partial charge in [0.15, 0.2) is 10.1 Å². The molecular weight excluding hydrogens is 346 g/mol. The molecule has 0 amide bonds. The molecule has 3 aromatic heterocycles. The van der Waals surface area contributed by atoms with Crippen molar-refractivity contribution in [2.45, 2.75) is 10.9 Å². The number of nitrogen functional groups attached to an aromatic ring is 1. The fourth-order valence-electron chi connectivity index (χ4n) is 2.36. The summed E-state index contributed by atoms with van der Waals surface area (Å²) in [5.41, 5.74) is 6.61. The summed E-state index contributed by atoms with van der Waals surface area (Å²) in [4.78, 5) is 35.6. The molecule has 0 saturated heterocycles. The average molecular weight is 357 g/mol. The number of nitrogens with one attached hydrogen (secondary N) is 1. The quantitative estimate of drug-likeness (QED) is 0.428. The second-order valence-electron chi connectivity index (χ2n) is 5.04. The molecule has 0 atom stereocenters. The maximum atomic E-state index is 12.4. The van der Waals surface area contributed by atoms with Gasteiger partial charge in [0.1, 0.15) is 5.82 Å². The van der Waals surface area contributed by atoms with Gasteiger partial charge in [-0.05, 0) is 12.1 Å². The second-order valence-corrected chi connectivity index (χ2v) is 7.01. The number of benzene rings is 1. The number of nitrogens with zero attached hydrogens (tertiary/aromatic N) is 3. The first-order valence-corrected chi connectivity index (χ1v) is 8.80. The van der Waals surface area contributed by atoms with E-state index < -0.39 is 0 Å². The van der Waals surface area contributed by atoms with Crippen LogP contribution >= 0.6 is 23.1 Å². The number of aromatic nitrogens is 4. The predicted molar refractivity (Wildman–Crippen MR) is 95.7 cm³/mol. The lowest BCUT2D eigenvalue weighted by Crippen LogP contribution is -2.13. The lowest BCUT2D eigenvalue weighted by molar-refractivity contribution is 0.943. The third kappa shape index (κ3) is 2.68. The fraction of sp³-hybridized carbons (Fsp3) is 0.0667. The number of thiazole rings is 1. The maximum Gasteiger partial charge on any atom is 0.259 e. The van der Waals surface area contributed by atoms with Gasteiger partial charge in [-0.3, -0.25) is 14.0 Å². The number of rotatable bonds is 3. The molecule has 0 aliphatic rings. The minimum atomic E-state index is -0.307. The van der Waals surface area contributed by atoms with Crippen LogP contribution in [0.4, 0.5) is 5.82 Å². The Morgan fingerprint density at radius 2 is 2.04 bits per heavy atom. The second kappa shape index (κ2) is 5.77. The Bertz CT molecular complexity index is 1180. The predicted octanol–water partition coefficient (Wildman–Crippen LogP) is 1.87. The van der Waals surface area contributed by atoms with E-state index >= 15 is 0 Å². The Labute approximate surface area is 143 Å². The highest BCUT2D eigenvalue weighted by molar-refractivity contribution is 7.98. The van der Waals surface area contributed by atoms with Crippen LogP contribution in [0.5, 0.6) is 0 Å². The minimum absolute atomic E-state index is 0.123. The van der Waals surface area contributed by atoms with E-state index in [1.54, 1.807) is 4.40 Å². The number of aromatic amines is 1. The first kappa shape index (κ1) is 14.9. The fourth-order valence-corrected chi connectivity index (χ4v) is 4.19. The minimum Gasteiger partial charge on any atom is -0.383 e. The molecule has 0 spiro atoms. The Morgan fingerprint density at radius 1 is 1.21 bits per heavy atom. The number of nitrogens with two attached hydrogens (primary N) is 1. The third-order valence-corrected chi connectivity index (χ3v) is 5.27. The number of fused-ring (bicyclic) bond motifs is 3. The number of anilines is 1. The van der Waals surface area contributed by atoms with E-state index in [2.05, 4.69) is 15.0 Å². The molecule has 3 heterocycles. The van der Waals surface area contributed by atoms with Gasteiger partial charge in [-0.25, -0.2) is 9.97 Å². The van der Waals surface area contributed by atoms with E-state index in [1.165, 1.54) is 35.2 Å². The topological polar surface area (TPSA) is 106 Å². The zero-order valence-corrected chi connectivity index (χ0v) is 13.9. The third-order valence-electron chi connectivity index (χ3n) is 3.34. The van der Waals surface area contributed by atoms with Crippen LogP contribution in [0.25, 0.3) is 15.2 Å². The number of para-hydroxylation sites is 1. The van der Waals surface area contributed by atoms with Gasteiger partial charge in [0.05, 0.1) is 15.9 Å². The molecule has 4 aromatic rings. The first-order valence-electron chi connectivity index (χ1n) is 7.00. The molecule has 1 aromatic carbocycles. The SMILES string of the molecule is Nc1cc(=O)[nH]c(SCc2cc(=O)n3c(n2)sc2ccccc23)n1. The van der Waals surface area contributed by atoms with Crippen LogP contribution in [0.3, 0.4) is 0 Å². The van der Waals surface area contributed by atoms with Gasteiger partial charge in [0, 0.05) is 17.9 Å². The number of thioether (sulfide) groups is 1. The Kier molecular flexibility index (Phi) is 3.58. The molecule has 0 saturated carbocycles. The van der Waals surface area contributed by atoms with E-state index in [9.17, 15) is 9.59 Å². The lowest BCUT2D eigenvalue weighted by Gasteiger charge is -2.02. The summed E-state index contributed by atoms with van der Waals surface area (Å²) in [6, 6.07) is 10.4. The average Bonchev–Trinajstić information content (AvgIpc) is 2.91. The van der Waals surface area contributed by atoms with E-state index in [-0.39, 0.29) is 16.9 Å². The van der Waals surface area contributed by atoms with E-state index in [0.29, 0.717) is 21.6 Å². The summed E-state index contributed by atoms with van der Waals surface area (Å²) >= 11 is 2.74. The molecule has 0 bridgehead atoms. The molecule has 0 unspecified atom stereocenters. The number of H-pyrrole nitrogens is 1. The zero-order valence-electron chi connectivity index (χ0n) is 12.2. The van der Waals surface area contributed by atoms with Gasteiger partial charge >= 0.3 is 0 Å². The van der Waals surface area contributed by atoms with Crippen LogP contribution in [0, 0.1) is 0 Å². The summed E-state index contributed by atoms with van der Waals surface area (Å²) in [5, 5.41) is 0.401. The monoisotopic (exact) mass is 357 g/mol. The van der Waals surface area contributed by atoms with Gasteiger partial charge in [0.25, 0.3) is 11.1 Å². The normalized spacial score (nSPS) is 11.3. The van der Waals surface area contributed by atoms with Crippen LogP contribution in [-0.4, -0.2) is 19.4 Å². The van der Waals surface area contributed by atoms with Crippen molar-refractivity contribution >= 4 is 44.1 Å². The van der Waals surface area contributed by atoms with Crippen molar-refractivity contribution in [3.63, 3.8) is 0 Å². The standard InChI is InChI=1S/C15H11N5O2S2/c16-11-6-12(21)19-14(18-11)23-7-8-5-13(22)20-9-3-1-2-4-10(9)24-15(20)17-8/h1-6H,7H2,(H3,16,18,19,21). The maximum absolute atomic E-state index is 12.4. The summed E-state index contributed by atoms with van der Waals surface area (Å²) in [7, 11) is 0. The Balaban J connectivity index is 1.71. The molecule has 4 rings (SSSR count). The van der Waals surface area contributed by atoms with Crippen molar-refractivity contribution in [1.82, 2.24) is 19.4 Å². The summed E-state index contributed by atoms with van der Waals surface area (Å²) in [5.74, 6) is 0.570. The molecule has 0 radical (unpaired) electrons. The van der Waals surface area contributed by atoms with E-state index in [1.807, 2.05) is 24.3 Å². The zero-order chi connectivity index (χ0) is 16.7. The molecule has 3 N–H and O–H groups in total. The summed E-state index contributed by atoms with van der Waals surface area (Å²) < 4.78 is 2.61. The highest BCUT2D eigenvalue weighted by atomic mass is 32.2. The molecule has 9 heteroatoms. The molecule has 0 aliphatic carbocycles. The van der Waals surface area contributed by atoms with Crippen LogP contribution < -0.4 is 16.9 Å². The molecule has 120 valence electrons. The largest absolute Gasteiger partial charge is 0.383 e.